The summed E-state index contributed by atoms with van der Waals surface area (Å²) in [7, 11) is 0. The van der Waals surface area contributed by atoms with Crippen LogP contribution in [0.5, 0.6) is 0 Å². The minimum atomic E-state index is -1.17. The molecule has 23 rings (SSSR count). The Kier molecular flexibility index (Phi) is 25.3. The minimum Gasteiger partial charge on any atom is -0.440 e. The first-order valence-electron chi connectivity index (χ1n) is 47.5. The predicted octanol–water partition coefficient (Wildman–Crippen LogP) is 30.5. The molecule has 16 nitrogen and oxygen atoms in total. The highest BCUT2D eigenvalue weighted by Gasteiger charge is 2.39. The summed E-state index contributed by atoms with van der Waals surface area (Å²) in [5.74, 6) is -0.835. The van der Waals surface area contributed by atoms with Gasteiger partial charge in [0, 0.05) is 107 Å². The lowest BCUT2D eigenvalue weighted by molar-refractivity contribution is 0.0974. The molecule has 0 bridgehead atoms. The number of halogens is 2. The van der Waals surface area contributed by atoms with E-state index < -0.39 is 23.2 Å². The number of carbonyl (C=O) groups excluding carboxylic acids is 6. The summed E-state index contributed by atoms with van der Waals surface area (Å²) in [4.78, 5) is 113. The average Bonchev–Trinajstić information content (AvgIpc) is 1.72. The zero-order valence-electron chi connectivity index (χ0n) is 80.6. The van der Waals surface area contributed by atoms with E-state index in [-0.39, 0.29) is 83.6 Å². The Balaban J connectivity index is 0.000000118. The number of aryl methyl sites for hydroxylation is 3. The van der Waals surface area contributed by atoms with Crippen molar-refractivity contribution in [3.8, 4) is 0 Å². The highest BCUT2D eigenvalue weighted by atomic mass is 19.2. The van der Waals surface area contributed by atoms with Gasteiger partial charge in [0.15, 0.2) is 57.2 Å². The van der Waals surface area contributed by atoms with Gasteiger partial charge in [-0.2, -0.15) is 0 Å². The van der Waals surface area contributed by atoms with E-state index in [1.165, 1.54) is 17.2 Å². The lowest BCUT2D eigenvalue weighted by atomic mass is 9.87. The van der Waals surface area contributed by atoms with Crippen LogP contribution in [0.25, 0.3) is 67.4 Å². The summed E-state index contributed by atoms with van der Waals surface area (Å²) in [5.41, 5.74) is 13.9. The molecule has 0 atom stereocenters. The third kappa shape index (κ3) is 18.7. The molecule has 0 aliphatic heterocycles. The summed E-state index contributed by atoms with van der Waals surface area (Å²) in [6, 6.07) is 120. The molecule has 3 aliphatic rings. The lowest BCUT2D eigenvalue weighted by Gasteiger charge is -2.26. The number of para-hydroxylation sites is 6. The summed E-state index contributed by atoms with van der Waals surface area (Å²) in [6.45, 7) is 19.0. The zero-order chi connectivity index (χ0) is 101. The number of rotatable bonds is 16. The number of fused-ring (bicyclic) bond motifs is 5. The molecule has 0 fully saturated rings. The number of anilines is 12. The molecular weight excluding hydrogens is 1810 g/mol. The summed E-state index contributed by atoms with van der Waals surface area (Å²) < 4.78 is 52.3. The van der Waals surface area contributed by atoms with Crippen molar-refractivity contribution in [1.82, 2.24) is 0 Å². The van der Waals surface area contributed by atoms with Gasteiger partial charge in [-0.05, 0) is 251 Å². The SMILES string of the molecule is CC(C)(C)c1ccc(N(c2ccc(C(C)(C)C)cc2)c2ccc(C=C3C(=O)c4cc(F)c(F)cc4C3=O)o2)cc1.Cc1cc(C=C2C(=O)c3cc4ccccc4cc3C2=O)oc1N(c1ccccc1)c1ccccc1.Cc1ccccc1N(c1ccc(C=c2c(=O)c3cccc4cccc(c2=O)c43)o1)c1ccccc1C.O=C1C(=Cc2ccc(N(c3ccccc3)c3ccccc3)o2)C(=O)c2cc3ccccc3cc21. The summed E-state index contributed by atoms with van der Waals surface area (Å²) in [5, 5.41) is 6.55. The second-order valence-corrected chi connectivity index (χ2v) is 37.9. The highest BCUT2D eigenvalue weighted by molar-refractivity contribution is 6.43. The molecule has 0 radical (unpaired) electrons. The molecule has 0 spiro atoms. The van der Waals surface area contributed by atoms with E-state index in [1.807, 2.05) is 295 Å². The van der Waals surface area contributed by atoms with E-state index in [9.17, 15) is 47.1 Å². The van der Waals surface area contributed by atoms with Gasteiger partial charge in [-0.1, -0.05) is 260 Å². The molecule has 4 heterocycles. The van der Waals surface area contributed by atoms with Crippen LogP contribution in [0, 0.1) is 32.4 Å². The average molecular weight is 1910 g/mol. The fourth-order valence-corrected chi connectivity index (χ4v) is 18.7. The van der Waals surface area contributed by atoms with Crippen molar-refractivity contribution in [3.05, 3.63) is 520 Å². The number of benzene rings is 16. The van der Waals surface area contributed by atoms with Crippen LogP contribution in [-0.4, -0.2) is 34.7 Å². The Hall–Kier alpha value is -18.4. The number of Topliss-reactive ketones (excluding diaryl/α,β-unsaturated/α-hetero) is 6. The van der Waals surface area contributed by atoms with Crippen LogP contribution in [0.3, 0.4) is 0 Å². The molecule has 4 aromatic heterocycles. The van der Waals surface area contributed by atoms with E-state index in [2.05, 4.69) is 96.7 Å². The first kappa shape index (κ1) is 94.2. The van der Waals surface area contributed by atoms with Gasteiger partial charge in [-0.25, -0.2) is 8.78 Å². The number of hydrogen-bond donors (Lipinski definition) is 0. The lowest BCUT2D eigenvalue weighted by Crippen LogP contribution is -2.38. The number of allylic oxidation sites excluding steroid dienone is 3. The fraction of sp³-hybridized carbons (Fsp3) is 0.0866. The Morgan fingerprint density at radius 2 is 0.538 bits per heavy atom. The summed E-state index contributed by atoms with van der Waals surface area (Å²) >= 11 is 0. The molecular formula is C127H94F2N4O12. The predicted molar refractivity (Wildman–Crippen MR) is 573 cm³/mol. The first-order valence-corrected chi connectivity index (χ1v) is 47.5. The second kappa shape index (κ2) is 39.0. The molecule has 3 aliphatic carbocycles. The maximum absolute atomic E-state index is 13.7. The quantitative estimate of drug-likeness (QED) is 0.0652. The van der Waals surface area contributed by atoms with Gasteiger partial charge in [0.05, 0.1) is 33.3 Å². The molecule has 708 valence electrons. The zero-order valence-corrected chi connectivity index (χ0v) is 80.6. The fourth-order valence-electron chi connectivity index (χ4n) is 18.7. The van der Waals surface area contributed by atoms with E-state index in [1.54, 1.807) is 78.9 Å². The minimum absolute atomic E-state index is 0.00842. The molecule has 0 unspecified atom stereocenters. The third-order valence-corrected chi connectivity index (χ3v) is 26.2. The number of hydrogen-bond acceptors (Lipinski definition) is 16. The van der Waals surface area contributed by atoms with E-state index in [0.29, 0.717) is 73.8 Å². The number of nitrogens with zero attached hydrogens (tertiary/aromatic N) is 4. The van der Waals surface area contributed by atoms with Crippen molar-refractivity contribution < 1.29 is 55.2 Å². The van der Waals surface area contributed by atoms with Gasteiger partial charge in [-0.3, -0.25) is 58.0 Å². The van der Waals surface area contributed by atoms with Crippen LogP contribution in [-0.2, 0) is 10.8 Å². The van der Waals surface area contributed by atoms with Crippen molar-refractivity contribution in [1.29, 1.82) is 0 Å². The highest BCUT2D eigenvalue weighted by Crippen LogP contribution is 2.46. The third-order valence-electron chi connectivity index (χ3n) is 26.2. The monoisotopic (exact) mass is 1900 g/mol. The molecule has 16 aromatic carbocycles. The van der Waals surface area contributed by atoms with Crippen molar-refractivity contribution in [2.45, 2.75) is 73.1 Å². The number of furan rings is 4. The molecule has 0 saturated carbocycles. The first-order chi connectivity index (χ1) is 70.0. The van der Waals surface area contributed by atoms with Gasteiger partial charge < -0.3 is 17.7 Å². The van der Waals surface area contributed by atoms with E-state index >= 15 is 0 Å². The van der Waals surface area contributed by atoms with Gasteiger partial charge in [0.1, 0.15) is 23.0 Å². The van der Waals surface area contributed by atoms with E-state index in [4.69, 9.17) is 17.7 Å². The Morgan fingerprint density at radius 3 is 0.883 bits per heavy atom. The van der Waals surface area contributed by atoms with Crippen molar-refractivity contribution in [3.63, 3.8) is 0 Å². The van der Waals surface area contributed by atoms with Crippen LogP contribution in [0.15, 0.2) is 426 Å². The maximum Gasteiger partial charge on any atom is 0.208 e. The van der Waals surface area contributed by atoms with E-state index in [0.717, 1.165) is 107 Å². The largest absolute Gasteiger partial charge is 0.440 e. The molecule has 0 amide bonds. The standard InChI is InChI=1S/C34H31F2NO3.C32H23NO3.C31H21NO3.C30H19NO3/c1-33(2,3)20-7-11-22(12-8-20)37(23-13-9-21(10-14-23)34(4,5)6)30-16-15-24(40-30)17-27-31(38)25-18-28(35)29(36)19-26(25)32(27)39;1-20-9-3-5-15-27(20)33(28-16-6-4-10-21(28)2)29-18-17-23(36-29)19-26-31(34)24-13-7-11-22-12-8-14-25(30(22)24)32(26)35;1-20-16-25(35-31(20)32(23-12-4-2-5-13-23)24-14-6-3-7-15-24)19-28-29(33)26-17-21-10-8-9-11-22(21)18-27(26)30(28)34;32-29-25-17-20-9-7-8-10-21(20)18-26(25)30(33)27(29)19-24-15-16-28(34-24)31(22-11-3-1-4-12-22)23-13-5-2-6-14-23/h7-19H,1-6H3;3-19H,1-2H3;2-19H,1H3;1-19H. The van der Waals surface area contributed by atoms with Gasteiger partial charge in [-0.15, -0.1) is 0 Å². The van der Waals surface area contributed by atoms with Crippen molar-refractivity contribution >= 4 is 171 Å². The maximum atomic E-state index is 13.7. The number of carbonyl (C=O) groups is 6. The normalized spacial score (nSPS) is 12.6. The van der Waals surface area contributed by atoms with Crippen LogP contribution >= 0.6 is 0 Å². The van der Waals surface area contributed by atoms with Gasteiger partial charge in [0.25, 0.3) is 0 Å². The molecule has 145 heavy (non-hydrogen) atoms. The van der Waals surface area contributed by atoms with Gasteiger partial charge in [0.2, 0.25) is 23.5 Å². The molecule has 0 N–H and O–H groups in total. The number of ketones is 6. The van der Waals surface area contributed by atoms with Crippen LogP contribution in [0.1, 0.15) is 155 Å². The van der Waals surface area contributed by atoms with Crippen molar-refractivity contribution in [2.75, 3.05) is 19.6 Å². The van der Waals surface area contributed by atoms with Crippen molar-refractivity contribution in [2.24, 2.45) is 0 Å². The molecule has 20 aromatic rings. The Labute approximate surface area is 834 Å². The van der Waals surface area contributed by atoms with Crippen LogP contribution < -0.4 is 35.7 Å². The van der Waals surface area contributed by atoms with Crippen LogP contribution in [0.4, 0.5) is 77.8 Å². The summed E-state index contributed by atoms with van der Waals surface area (Å²) in [6.07, 6.45) is 6.01. The molecule has 0 saturated heterocycles. The second-order valence-electron chi connectivity index (χ2n) is 37.9. The Bertz CT molecular complexity index is 8420. The smallest absolute Gasteiger partial charge is 0.208 e. The van der Waals surface area contributed by atoms with Crippen LogP contribution in [0.2, 0.25) is 0 Å². The molecule has 18 heteroatoms. The van der Waals surface area contributed by atoms with Gasteiger partial charge >= 0.3 is 0 Å². The topological polar surface area (TPSA) is 202 Å². The Morgan fingerprint density at radius 1 is 0.248 bits per heavy atom.